The largest absolute Gasteiger partial charge is 0.380 e. The van der Waals surface area contributed by atoms with E-state index >= 15 is 0 Å². The first-order valence-corrected chi connectivity index (χ1v) is 7.82. The second-order valence-corrected chi connectivity index (χ2v) is 5.50. The van der Waals surface area contributed by atoms with Crippen molar-refractivity contribution in [3.8, 4) is 0 Å². The maximum Gasteiger partial charge on any atom is 0.0637 e. The summed E-state index contributed by atoms with van der Waals surface area (Å²) in [5, 5.41) is 3.62. The number of rotatable bonds is 9. The molecule has 2 unspecified atom stereocenters. The fraction of sp³-hybridized carbons (Fsp3) is 1.00. The number of nitrogens with zero attached hydrogens (tertiary/aromatic N) is 1. The molecule has 1 heterocycles. The first-order chi connectivity index (χ1) is 9.19. The molecule has 4 heteroatoms. The van der Waals surface area contributed by atoms with E-state index in [1.165, 1.54) is 0 Å². The summed E-state index contributed by atoms with van der Waals surface area (Å²) >= 11 is 0. The number of ether oxygens (including phenoxy) is 2. The summed E-state index contributed by atoms with van der Waals surface area (Å²) in [6.45, 7) is 15.4. The van der Waals surface area contributed by atoms with E-state index in [0.717, 1.165) is 58.9 Å². The van der Waals surface area contributed by atoms with Gasteiger partial charge in [0.05, 0.1) is 19.8 Å². The minimum atomic E-state index is 0.146. The Bertz CT molecular complexity index is 232. The smallest absolute Gasteiger partial charge is 0.0637 e. The van der Waals surface area contributed by atoms with Crippen LogP contribution in [0.3, 0.4) is 0 Å². The molecule has 0 aromatic carbocycles. The van der Waals surface area contributed by atoms with Crippen LogP contribution in [0.15, 0.2) is 0 Å². The van der Waals surface area contributed by atoms with Crippen LogP contribution in [0, 0.1) is 0 Å². The highest BCUT2D eigenvalue weighted by atomic mass is 16.5. The van der Waals surface area contributed by atoms with Crippen LogP contribution in [0.1, 0.15) is 40.5 Å². The Hall–Kier alpha value is -0.160. The Kier molecular flexibility index (Phi) is 7.91. The molecule has 4 nitrogen and oxygen atoms in total. The van der Waals surface area contributed by atoms with E-state index in [9.17, 15) is 0 Å². The third-order valence-electron chi connectivity index (χ3n) is 4.28. The van der Waals surface area contributed by atoms with E-state index in [-0.39, 0.29) is 5.54 Å². The third-order valence-corrected chi connectivity index (χ3v) is 4.28. The van der Waals surface area contributed by atoms with Crippen LogP contribution in [0.25, 0.3) is 0 Å². The molecule has 0 spiro atoms. The molecule has 1 fully saturated rings. The van der Waals surface area contributed by atoms with Crippen LogP contribution in [-0.4, -0.2) is 62.5 Å². The number of hydrogen-bond acceptors (Lipinski definition) is 4. The zero-order valence-electron chi connectivity index (χ0n) is 13.2. The molecule has 0 amide bonds. The Morgan fingerprint density at radius 3 is 2.47 bits per heavy atom. The van der Waals surface area contributed by atoms with E-state index in [2.05, 4.69) is 37.9 Å². The molecule has 1 saturated heterocycles. The van der Waals surface area contributed by atoms with Gasteiger partial charge in [0.2, 0.25) is 0 Å². The average molecular weight is 272 g/mol. The third kappa shape index (κ3) is 4.71. The molecule has 1 rings (SSSR count). The van der Waals surface area contributed by atoms with Crippen molar-refractivity contribution in [1.82, 2.24) is 10.2 Å². The van der Waals surface area contributed by atoms with E-state index in [0.29, 0.717) is 6.04 Å². The van der Waals surface area contributed by atoms with Crippen LogP contribution in [0.4, 0.5) is 0 Å². The molecule has 0 bridgehead atoms. The van der Waals surface area contributed by atoms with Gasteiger partial charge in [-0.15, -0.1) is 0 Å². The highest BCUT2D eigenvalue weighted by Gasteiger charge is 2.38. The van der Waals surface area contributed by atoms with Crippen molar-refractivity contribution in [2.24, 2.45) is 0 Å². The summed E-state index contributed by atoms with van der Waals surface area (Å²) in [5.41, 5.74) is 0.146. The highest BCUT2D eigenvalue weighted by Crippen LogP contribution is 2.25. The lowest BCUT2D eigenvalue weighted by Crippen LogP contribution is -2.63. The van der Waals surface area contributed by atoms with Gasteiger partial charge in [0, 0.05) is 31.3 Å². The molecular weight excluding hydrogens is 240 g/mol. The maximum atomic E-state index is 5.82. The Morgan fingerprint density at radius 1 is 1.26 bits per heavy atom. The first-order valence-electron chi connectivity index (χ1n) is 7.82. The van der Waals surface area contributed by atoms with Crippen LogP contribution in [-0.2, 0) is 9.47 Å². The highest BCUT2D eigenvalue weighted by molar-refractivity contribution is 4.97. The number of nitrogens with one attached hydrogen (secondary N) is 1. The van der Waals surface area contributed by atoms with Gasteiger partial charge in [-0.25, -0.2) is 0 Å². The fourth-order valence-electron chi connectivity index (χ4n) is 2.81. The monoisotopic (exact) mass is 272 g/mol. The van der Waals surface area contributed by atoms with E-state index in [4.69, 9.17) is 9.47 Å². The van der Waals surface area contributed by atoms with Crippen molar-refractivity contribution in [2.45, 2.75) is 52.1 Å². The van der Waals surface area contributed by atoms with Gasteiger partial charge in [0.1, 0.15) is 0 Å². The van der Waals surface area contributed by atoms with Gasteiger partial charge in [-0.1, -0.05) is 20.8 Å². The molecule has 19 heavy (non-hydrogen) atoms. The van der Waals surface area contributed by atoms with Crippen molar-refractivity contribution >= 4 is 0 Å². The summed E-state index contributed by atoms with van der Waals surface area (Å²) < 4.78 is 11.3. The van der Waals surface area contributed by atoms with Gasteiger partial charge in [-0.05, 0) is 26.3 Å². The van der Waals surface area contributed by atoms with E-state index in [1.807, 2.05) is 0 Å². The minimum Gasteiger partial charge on any atom is -0.380 e. The molecule has 114 valence electrons. The maximum absolute atomic E-state index is 5.82. The summed E-state index contributed by atoms with van der Waals surface area (Å²) in [5.74, 6) is 0. The molecule has 1 N–H and O–H groups in total. The van der Waals surface area contributed by atoms with Crippen molar-refractivity contribution < 1.29 is 9.47 Å². The molecule has 0 aromatic heterocycles. The van der Waals surface area contributed by atoms with Crippen molar-refractivity contribution in [3.05, 3.63) is 0 Å². The molecule has 0 aliphatic carbocycles. The van der Waals surface area contributed by atoms with Crippen LogP contribution in [0.2, 0.25) is 0 Å². The minimum absolute atomic E-state index is 0.146. The average Bonchev–Trinajstić information content (AvgIpc) is 2.46. The number of likely N-dealkylation sites (N-methyl/N-ethyl adjacent to an activating group) is 1. The summed E-state index contributed by atoms with van der Waals surface area (Å²) in [6, 6.07) is 0.382. The van der Waals surface area contributed by atoms with Gasteiger partial charge < -0.3 is 14.8 Å². The number of morpholine rings is 1. The molecule has 0 aromatic rings. The Balaban J connectivity index is 2.67. The molecule has 2 atom stereocenters. The lowest BCUT2D eigenvalue weighted by Gasteiger charge is -2.48. The van der Waals surface area contributed by atoms with Crippen molar-refractivity contribution in [1.29, 1.82) is 0 Å². The Morgan fingerprint density at radius 2 is 1.95 bits per heavy atom. The summed E-state index contributed by atoms with van der Waals surface area (Å²) in [7, 11) is 0. The lowest BCUT2D eigenvalue weighted by molar-refractivity contribution is -0.0463. The van der Waals surface area contributed by atoms with Crippen LogP contribution < -0.4 is 5.32 Å². The molecular formula is C15H32N2O2. The van der Waals surface area contributed by atoms with Crippen molar-refractivity contribution in [3.63, 3.8) is 0 Å². The van der Waals surface area contributed by atoms with Crippen molar-refractivity contribution in [2.75, 3.05) is 46.1 Å². The van der Waals surface area contributed by atoms with Gasteiger partial charge in [-0.2, -0.15) is 0 Å². The Labute approximate surface area is 118 Å². The van der Waals surface area contributed by atoms with Gasteiger partial charge in [0.25, 0.3) is 0 Å². The molecule has 1 aliphatic rings. The van der Waals surface area contributed by atoms with Gasteiger partial charge in [0.15, 0.2) is 0 Å². The molecule has 1 aliphatic heterocycles. The summed E-state index contributed by atoms with van der Waals surface area (Å²) in [4.78, 5) is 2.57. The summed E-state index contributed by atoms with van der Waals surface area (Å²) in [6.07, 6.45) is 2.21. The number of hydrogen-bond donors (Lipinski definition) is 1. The lowest BCUT2D eigenvalue weighted by atomic mass is 9.87. The second kappa shape index (κ2) is 8.90. The van der Waals surface area contributed by atoms with Gasteiger partial charge >= 0.3 is 0 Å². The van der Waals surface area contributed by atoms with Crippen LogP contribution in [0.5, 0.6) is 0 Å². The molecule has 0 radical (unpaired) electrons. The quantitative estimate of drug-likeness (QED) is 0.650. The topological polar surface area (TPSA) is 33.7 Å². The van der Waals surface area contributed by atoms with Crippen LogP contribution >= 0.6 is 0 Å². The predicted octanol–water partition coefficient (Wildman–Crippen LogP) is 1.89. The predicted molar refractivity (Wildman–Crippen MR) is 79.7 cm³/mol. The standard InChI is InChI=1S/C15H32N2O2/c1-5-10-19-13-14(16-7-3)15(4,6-2)17-8-11-18-12-9-17/h14,16H,5-13H2,1-4H3. The zero-order chi connectivity index (χ0) is 14.1. The molecule has 0 saturated carbocycles. The first kappa shape index (κ1) is 16.9. The van der Waals surface area contributed by atoms with Gasteiger partial charge in [-0.3, -0.25) is 4.90 Å². The van der Waals surface area contributed by atoms with E-state index < -0.39 is 0 Å². The zero-order valence-corrected chi connectivity index (χ0v) is 13.2. The van der Waals surface area contributed by atoms with E-state index in [1.54, 1.807) is 0 Å². The second-order valence-electron chi connectivity index (χ2n) is 5.50. The SMILES string of the molecule is CCCOCC(NCC)C(C)(CC)N1CCOCC1. The normalized spacial score (nSPS) is 22.1. The fourth-order valence-corrected chi connectivity index (χ4v) is 2.81.